The fraction of sp³-hybridized carbons (Fsp3) is 0.0476. The van der Waals surface area contributed by atoms with Gasteiger partial charge in [-0.15, -0.1) is 0 Å². The molecule has 0 aliphatic rings. The molecular weight excluding hydrogens is 407 g/mol. The minimum absolute atomic E-state index is 0.191. The lowest BCUT2D eigenvalue weighted by Crippen LogP contribution is -2.18. The molecule has 0 aliphatic heterocycles. The van der Waals surface area contributed by atoms with Crippen molar-refractivity contribution in [3.05, 3.63) is 84.3 Å². The average Bonchev–Trinajstić information content (AvgIpc) is 3.13. The normalized spacial score (nSPS) is 11.5. The van der Waals surface area contributed by atoms with Gasteiger partial charge < -0.3 is 5.32 Å². The Balaban J connectivity index is 1.66. The Kier molecular flexibility index (Phi) is 5.06. The van der Waals surface area contributed by atoms with Gasteiger partial charge in [0.2, 0.25) is 15.9 Å². The summed E-state index contributed by atoms with van der Waals surface area (Å²) in [6.07, 6.45) is 1.50. The summed E-state index contributed by atoms with van der Waals surface area (Å²) in [5, 5.41) is 13.2. The molecule has 1 aromatic heterocycles. The number of anilines is 1. The van der Waals surface area contributed by atoms with Gasteiger partial charge in [0.15, 0.2) is 0 Å². The second kappa shape index (κ2) is 7.69. The lowest BCUT2D eigenvalue weighted by Gasteiger charge is -2.11. The van der Waals surface area contributed by atoms with Crippen LogP contribution in [0.2, 0.25) is 0 Å². The maximum absolute atomic E-state index is 13.8. The van der Waals surface area contributed by atoms with E-state index in [1.807, 2.05) is 18.2 Å². The van der Waals surface area contributed by atoms with Crippen molar-refractivity contribution in [2.75, 3.05) is 5.32 Å². The van der Waals surface area contributed by atoms with Crippen molar-refractivity contribution in [2.45, 2.75) is 11.3 Å². The molecule has 7 nitrogen and oxygen atoms in total. The first-order valence-electron chi connectivity index (χ1n) is 8.96. The number of sulfonamides is 1. The Morgan fingerprint density at radius 3 is 2.53 bits per heavy atom. The number of rotatable bonds is 5. The van der Waals surface area contributed by atoms with Crippen LogP contribution in [0.5, 0.6) is 0 Å². The van der Waals surface area contributed by atoms with Gasteiger partial charge in [-0.2, -0.15) is 5.10 Å². The highest BCUT2D eigenvalue weighted by molar-refractivity contribution is 7.89. The Bertz CT molecular complexity index is 1330. The zero-order chi connectivity index (χ0) is 21.3. The Morgan fingerprint density at radius 1 is 1.07 bits per heavy atom. The van der Waals surface area contributed by atoms with Crippen LogP contribution in [-0.4, -0.2) is 24.1 Å². The zero-order valence-corrected chi connectivity index (χ0v) is 16.4. The van der Waals surface area contributed by atoms with E-state index in [1.54, 1.807) is 18.3 Å². The van der Waals surface area contributed by atoms with E-state index in [-0.39, 0.29) is 28.3 Å². The third-order valence-electron chi connectivity index (χ3n) is 4.52. The van der Waals surface area contributed by atoms with Gasteiger partial charge in [-0.25, -0.2) is 22.6 Å². The predicted molar refractivity (Wildman–Crippen MR) is 111 cm³/mol. The van der Waals surface area contributed by atoms with Crippen molar-refractivity contribution in [1.82, 2.24) is 9.78 Å². The molecule has 1 heterocycles. The molecule has 0 saturated carbocycles. The largest absolute Gasteiger partial charge is 0.326 e. The number of amides is 1. The maximum Gasteiger partial charge on any atom is 0.240 e. The molecule has 3 aromatic carbocycles. The number of benzene rings is 3. The third-order valence-corrected chi connectivity index (χ3v) is 5.46. The fourth-order valence-electron chi connectivity index (χ4n) is 3.12. The first kappa shape index (κ1) is 19.7. The van der Waals surface area contributed by atoms with Crippen molar-refractivity contribution < 1.29 is 17.6 Å². The van der Waals surface area contributed by atoms with Crippen LogP contribution in [0.3, 0.4) is 0 Å². The highest BCUT2D eigenvalue weighted by Crippen LogP contribution is 2.25. The Labute approximate surface area is 172 Å². The van der Waals surface area contributed by atoms with E-state index in [0.29, 0.717) is 5.52 Å². The number of carbonyl (C=O) groups excluding carboxylic acids is 1. The Morgan fingerprint density at radius 2 is 1.80 bits per heavy atom. The van der Waals surface area contributed by atoms with Crippen molar-refractivity contribution in [2.24, 2.45) is 5.14 Å². The first-order valence-corrected chi connectivity index (χ1v) is 10.5. The minimum atomic E-state index is -4.12. The number of hydrogen-bond acceptors (Lipinski definition) is 4. The summed E-state index contributed by atoms with van der Waals surface area (Å²) in [5.74, 6) is -0.975. The standard InChI is InChI=1S/C21H17FN4O3S/c22-17-7-3-1-5-14(17)11-21(27)24-16-9-10-19(20(12-16)30(23,28)29)26-13-15-6-2-4-8-18(15)25-26/h1-10,12-13H,11H2,(H,24,27)(H2,23,28,29). The Hall–Kier alpha value is -3.56. The monoisotopic (exact) mass is 424 g/mol. The van der Waals surface area contributed by atoms with Gasteiger partial charge in [0.25, 0.3) is 0 Å². The lowest BCUT2D eigenvalue weighted by atomic mass is 10.1. The molecule has 3 N–H and O–H groups in total. The molecule has 152 valence electrons. The summed E-state index contributed by atoms with van der Waals surface area (Å²) in [5.41, 5.74) is 1.41. The van der Waals surface area contributed by atoms with Crippen LogP contribution in [0.4, 0.5) is 10.1 Å². The van der Waals surface area contributed by atoms with Crippen LogP contribution in [0.25, 0.3) is 16.6 Å². The van der Waals surface area contributed by atoms with Gasteiger partial charge in [0.1, 0.15) is 10.7 Å². The van der Waals surface area contributed by atoms with Crippen LogP contribution in [0, 0.1) is 5.82 Å². The summed E-state index contributed by atoms with van der Waals surface area (Å²) in [7, 11) is -4.12. The van der Waals surface area contributed by atoms with E-state index < -0.39 is 21.7 Å². The van der Waals surface area contributed by atoms with Crippen LogP contribution in [0.15, 0.2) is 77.8 Å². The molecular formula is C21H17FN4O3S. The van der Waals surface area contributed by atoms with Gasteiger partial charge in [0, 0.05) is 17.3 Å². The number of nitrogens with two attached hydrogens (primary N) is 1. The summed E-state index contributed by atoms with van der Waals surface area (Å²) < 4.78 is 39.6. The summed E-state index contributed by atoms with van der Waals surface area (Å²) in [6, 6.07) is 17.6. The molecule has 0 atom stereocenters. The second-order valence-electron chi connectivity index (χ2n) is 6.68. The fourth-order valence-corrected chi connectivity index (χ4v) is 3.86. The number of nitrogens with zero attached hydrogens (tertiary/aromatic N) is 2. The first-order chi connectivity index (χ1) is 14.3. The highest BCUT2D eigenvalue weighted by atomic mass is 32.2. The smallest absolute Gasteiger partial charge is 0.240 e. The quantitative estimate of drug-likeness (QED) is 0.513. The number of primary sulfonamides is 1. The molecule has 0 unspecified atom stereocenters. The molecule has 0 bridgehead atoms. The topological polar surface area (TPSA) is 107 Å². The molecule has 0 spiro atoms. The van der Waals surface area contributed by atoms with Crippen molar-refractivity contribution in [1.29, 1.82) is 0 Å². The summed E-state index contributed by atoms with van der Waals surface area (Å²) in [4.78, 5) is 12.1. The lowest BCUT2D eigenvalue weighted by molar-refractivity contribution is -0.115. The van der Waals surface area contributed by atoms with E-state index in [9.17, 15) is 17.6 Å². The van der Waals surface area contributed by atoms with Gasteiger partial charge in [-0.1, -0.05) is 36.4 Å². The molecule has 30 heavy (non-hydrogen) atoms. The predicted octanol–water partition coefficient (Wildman–Crippen LogP) is 2.99. The van der Waals surface area contributed by atoms with E-state index >= 15 is 0 Å². The summed E-state index contributed by atoms with van der Waals surface area (Å²) in [6.45, 7) is 0. The highest BCUT2D eigenvalue weighted by Gasteiger charge is 2.18. The van der Waals surface area contributed by atoms with Crippen molar-refractivity contribution >= 4 is 32.5 Å². The average molecular weight is 424 g/mol. The van der Waals surface area contributed by atoms with E-state index in [1.165, 1.54) is 41.1 Å². The molecule has 4 aromatic rings. The molecule has 0 aliphatic carbocycles. The maximum atomic E-state index is 13.8. The molecule has 0 fully saturated rings. The van der Waals surface area contributed by atoms with Crippen molar-refractivity contribution in [3.63, 3.8) is 0 Å². The van der Waals surface area contributed by atoms with Gasteiger partial charge in [0.05, 0.1) is 17.6 Å². The number of fused-ring (bicyclic) bond motifs is 1. The second-order valence-corrected chi connectivity index (χ2v) is 8.21. The van der Waals surface area contributed by atoms with E-state index in [0.717, 1.165) is 5.39 Å². The van der Waals surface area contributed by atoms with E-state index in [2.05, 4.69) is 10.4 Å². The van der Waals surface area contributed by atoms with Crippen LogP contribution in [0.1, 0.15) is 5.56 Å². The molecule has 1 amide bonds. The molecule has 9 heteroatoms. The third kappa shape index (κ3) is 4.07. The van der Waals surface area contributed by atoms with E-state index in [4.69, 9.17) is 5.14 Å². The minimum Gasteiger partial charge on any atom is -0.326 e. The number of halogens is 1. The number of carbonyl (C=O) groups is 1. The molecule has 0 radical (unpaired) electrons. The van der Waals surface area contributed by atoms with Gasteiger partial charge in [-0.3, -0.25) is 4.79 Å². The van der Waals surface area contributed by atoms with Crippen LogP contribution < -0.4 is 10.5 Å². The van der Waals surface area contributed by atoms with Gasteiger partial charge >= 0.3 is 0 Å². The van der Waals surface area contributed by atoms with Crippen LogP contribution >= 0.6 is 0 Å². The van der Waals surface area contributed by atoms with Crippen LogP contribution in [-0.2, 0) is 21.2 Å². The molecule has 0 saturated heterocycles. The zero-order valence-electron chi connectivity index (χ0n) is 15.6. The number of aromatic nitrogens is 2. The summed E-state index contributed by atoms with van der Waals surface area (Å²) >= 11 is 0. The number of hydrogen-bond donors (Lipinski definition) is 2. The SMILES string of the molecule is NS(=O)(=O)c1cc(NC(=O)Cc2ccccc2F)ccc1-n1cc2ccccc2n1. The van der Waals surface area contributed by atoms with Crippen molar-refractivity contribution in [3.8, 4) is 5.69 Å². The molecule has 4 rings (SSSR count). The number of nitrogens with one attached hydrogen (secondary N) is 1. The van der Waals surface area contributed by atoms with Gasteiger partial charge in [-0.05, 0) is 35.9 Å².